The van der Waals surface area contributed by atoms with Crippen molar-refractivity contribution in [2.45, 2.75) is 26.2 Å². The molecule has 2 rings (SSSR count). The highest BCUT2D eigenvalue weighted by molar-refractivity contribution is 5.97. The fourth-order valence-electron chi connectivity index (χ4n) is 2.51. The molecule has 3 N–H and O–H groups in total. The van der Waals surface area contributed by atoms with Crippen LogP contribution >= 0.6 is 0 Å². The number of H-pyrrole nitrogens is 1. The summed E-state index contributed by atoms with van der Waals surface area (Å²) in [6.45, 7) is 6.19. The number of anilines is 1. The number of nitrogen functional groups attached to an aromatic ring is 1. The van der Waals surface area contributed by atoms with Gasteiger partial charge in [0.1, 0.15) is 0 Å². The number of ether oxygens (including phenoxy) is 1. The Balaban J connectivity index is 2.09. The van der Waals surface area contributed by atoms with Crippen LogP contribution < -0.4 is 5.73 Å². The van der Waals surface area contributed by atoms with Crippen LogP contribution in [0.15, 0.2) is 0 Å². The Labute approximate surface area is 113 Å². The van der Waals surface area contributed by atoms with Gasteiger partial charge in [0.15, 0.2) is 5.69 Å². The number of likely N-dealkylation sites (tertiary alicyclic amines) is 1. The molecule has 0 bridgehead atoms. The molecule has 6 heteroatoms. The van der Waals surface area contributed by atoms with Crippen LogP contribution in [0.2, 0.25) is 0 Å². The van der Waals surface area contributed by atoms with Gasteiger partial charge in [0, 0.05) is 26.1 Å². The van der Waals surface area contributed by atoms with Crippen molar-refractivity contribution in [3.8, 4) is 0 Å². The SMILES string of the molecule is COCC1CCN(C(=O)c2n[nH]c(C(C)C)c2N)C1. The second kappa shape index (κ2) is 5.61. The highest BCUT2D eigenvalue weighted by atomic mass is 16.5. The Morgan fingerprint density at radius 2 is 2.37 bits per heavy atom. The van der Waals surface area contributed by atoms with Gasteiger partial charge in [-0.05, 0) is 12.3 Å². The van der Waals surface area contributed by atoms with Crippen molar-refractivity contribution < 1.29 is 9.53 Å². The Morgan fingerprint density at radius 1 is 1.63 bits per heavy atom. The van der Waals surface area contributed by atoms with Crippen molar-refractivity contribution in [3.63, 3.8) is 0 Å². The fourth-order valence-corrected chi connectivity index (χ4v) is 2.51. The van der Waals surface area contributed by atoms with Gasteiger partial charge in [-0.1, -0.05) is 13.8 Å². The summed E-state index contributed by atoms with van der Waals surface area (Å²) in [6, 6.07) is 0. The van der Waals surface area contributed by atoms with E-state index in [2.05, 4.69) is 10.2 Å². The van der Waals surface area contributed by atoms with E-state index in [0.29, 0.717) is 23.9 Å². The molecule has 0 radical (unpaired) electrons. The molecule has 1 aliphatic heterocycles. The van der Waals surface area contributed by atoms with E-state index in [0.717, 1.165) is 25.2 Å². The average Bonchev–Trinajstić information content (AvgIpc) is 2.95. The first-order valence-electron chi connectivity index (χ1n) is 6.66. The number of aromatic nitrogens is 2. The molecule has 2 heterocycles. The molecule has 0 saturated carbocycles. The van der Waals surface area contributed by atoms with Crippen LogP contribution in [-0.2, 0) is 4.74 Å². The van der Waals surface area contributed by atoms with Gasteiger partial charge in [0.05, 0.1) is 18.0 Å². The molecule has 1 aromatic heterocycles. The first-order chi connectivity index (χ1) is 9.04. The maximum Gasteiger partial charge on any atom is 0.276 e. The topological polar surface area (TPSA) is 84.2 Å². The Bertz CT molecular complexity index is 455. The molecule has 1 saturated heterocycles. The van der Waals surface area contributed by atoms with E-state index in [1.165, 1.54) is 0 Å². The third-order valence-electron chi connectivity index (χ3n) is 3.59. The summed E-state index contributed by atoms with van der Waals surface area (Å²) in [5.74, 6) is 0.562. The molecule has 0 aromatic carbocycles. The lowest BCUT2D eigenvalue weighted by molar-refractivity contribution is 0.0770. The van der Waals surface area contributed by atoms with Gasteiger partial charge in [-0.25, -0.2) is 0 Å². The molecule has 106 valence electrons. The lowest BCUT2D eigenvalue weighted by Crippen LogP contribution is -2.30. The number of amides is 1. The van der Waals surface area contributed by atoms with Crippen LogP contribution in [0.25, 0.3) is 0 Å². The maximum atomic E-state index is 12.4. The highest BCUT2D eigenvalue weighted by Gasteiger charge is 2.30. The second-order valence-corrected chi connectivity index (χ2v) is 5.42. The van der Waals surface area contributed by atoms with Gasteiger partial charge in [0.25, 0.3) is 5.91 Å². The van der Waals surface area contributed by atoms with Crippen molar-refractivity contribution in [2.24, 2.45) is 5.92 Å². The van der Waals surface area contributed by atoms with E-state index in [-0.39, 0.29) is 11.8 Å². The van der Waals surface area contributed by atoms with Crippen molar-refractivity contribution in [3.05, 3.63) is 11.4 Å². The van der Waals surface area contributed by atoms with Crippen molar-refractivity contribution in [2.75, 3.05) is 32.5 Å². The van der Waals surface area contributed by atoms with E-state index in [1.807, 2.05) is 13.8 Å². The quantitative estimate of drug-likeness (QED) is 0.858. The number of rotatable bonds is 4. The molecular weight excluding hydrogens is 244 g/mol. The zero-order valence-electron chi connectivity index (χ0n) is 11.8. The Kier molecular flexibility index (Phi) is 4.09. The minimum absolute atomic E-state index is 0.0840. The first-order valence-corrected chi connectivity index (χ1v) is 6.66. The molecule has 1 amide bonds. The monoisotopic (exact) mass is 266 g/mol. The first kappa shape index (κ1) is 13.9. The van der Waals surface area contributed by atoms with Gasteiger partial charge in [0.2, 0.25) is 0 Å². The number of nitrogens with two attached hydrogens (primary N) is 1. The summed E-state index contributed by atoms with van der Waals surface area (Å²) < 4.78 is 5.13. The zero-order chi connectivity index (χ0) is 14.0. The summed E-state index contributed by atoms with van der Waals surface area (Å²) in [7, 11) is 1.69. The standard InChI is InChI=1S/C13H22N4O2/c1-8(2)11-10(14)12(16-15-11)13(18)17-5-4-9(6-17)7-19-3/h8-9H,4-7,14H2,1-3H3,(H,15,16). The molecule has 1 unspecified atom stereocenters. The normalized spacial score (nSPS) is 19.4. The summed E-state index contributed by atoms with van der Waals surface area (Å²) in [6.07, 6.45) is 0.973. The highest BCUT2D eigenvalue weighted by Crippen LogP contribution is 2.25. The van der Waals surface area contributed by atoms with Gasteiger partial charge < -0.3 is 15.4 Å². The van der Waals surface area contributed by atoms with Crippen LogP contribution in [0.4, 0.5) is 5.69 Å². The zero-order valence-corrected chi connectivity index (χ0v) is 11.8. The third-order valence-corrected chi connectivity index (χ3v) is 3.59. The van der Waals surface area contributed by atoms with Gasteiger partial charge in [-0.15, -0.1) is 0 Å². The molecule has 0 aliphatic carbocycles. The number of nitrogens with zero attached hydrogens (tertiary/aromatic N) is 2. The van der Waals surface area contributed by atoms with Crippen LogP contribution in [0.1, 0.15) is 42.4 Å². The Hall–Kier alpha value is -1.56. The number of carbonyl (C=O) groups excluding carboxylic acids is 1. The maximum absolute atomic E-state index is 12.4. The predicted octanol–water partition coefficient (Wildman–Crippen LogP) is 1.22. The van der Waals surface area contributed by atoms with E-state index in [9.17, 15) is 4.79 Å². The Morgan fingerprint density at radius 3 is 2.95 bits per heavy atom. The van der Waals surface area contributed by atoms with Gasteiger partial charge >= 0.3 is 0 Å². The molecule has 1 fully saturated rings. The number of hydrogen-bond acceptors (Lipinski definition) is 4. The third kappa shape index (κ3) is 2.73. The van der Waals surface area contributed by atoms with Crippen molar-refractivity contribution >= 4 is 11.6 Å². The molecule has 1 aliphatic rings. The van der Waals surface area contributed by atoms with E-state index < -0.39 is 0 Å². The van der Waals surface area contributed by atoms with Crippen molar-refractivity contribution in [1.82, 2.24) is 15.1 Å². The van der Waals surface area contributed by atoms with Gasteiger partial charge in [-0.2, -0.15) is 5.10 Å². The minimum Gasteiger partial charge on any atom is -0.395 e. The molecule has 1 atom stereocenters. The molecule has 0 spiro atoms. The van der Waals surface area contributed by atoms with Gasteiger partial charge in [-0.3, -0.25) is 9.89 Å². The molecule has 6 nitrogen and oxygen atoms in total. The smallest absolute Gasteiger partial charge is 0.276 e. The van der Waals surface area contributed by atoms with E-state index in [4.69, 9.17) is 10.5 Å². The number of methoxy groups -OCH3 is 1. The summed E-state index contributed by atoms with van der Waals surface area (Å²) in [5.41, 5.74) is 7.66. The predicted molar refractivity (Wildman–Crippen MR) is 73.0 cm³/mol. The fraction of sp³-hybridized carbons (Fsp3) is 0.692. The number of carbonyl (C=O) groups is 1. The number of aromatic amines is 1. The number of nitrogens with one attached hydrogen (secondary N) is 1. The average molecular weight is 266 g/mol. The number of hydrogen-bond donors (Lipinski definition) is 2. The van der Waals surface area contributed by atoms with Crippen molar-refractivity contribution in [1.29, 1.82) is 0 Å². The summed E-state index contributed by atoms with van der Waals surface area (Å²) in [5, 5.41) is 6.95. The van der Waals surface area contributed by atoms with E-state index >= 15 is 0 Å². The second-order valence-electron chi connectivity index (χ2n) is 5.42. The molecular formula is C13H22N4O2. The molecule has 19 heavy (non-hydrogen) atoms. The van der Waals surface area contributed by atoms with Crippen LogP contribution in [-0.4, -0.2) is 47.8 Å². The van der Waals surface area contributed by atoms with Crippen LogP contribution in [0, 0.1) is 5.92 Å². The van der Waals surface area contributed by atoms with E-state index in [1.54, 1.807) is 12.0 Å². The molecule has 1 aromatic rings. The van der Waals surface area contributed by atoms with Crippen LogP contribution in [0.3, 0.4) is 0 Å². The summed E-state index contributed by atoms with van der Waals surface area (Å²) >= 11 is 0. The minimum atomic E-state index is -0.0840. The largest absolute Gasteiger partial charge is 0.395 e. The lowest BCUT2D eigenvalue weighted by Gasteiger charge is -2.15. The lowest BCUT2D eigenvalue weighted by atomic mass is 10.1. The van der Waals surface area contributed by atoms with Crippen LogP contribution in [0.5, 0.6) is 0 Å². The summed E-state index contributed by atoms with van der Waals surface area (Å²) in [4.78, 5) is 14.2.